The Morgan fingerprint density at radius 2 is 2.09 bits per heavy atom. The molecule has 116 valence electrons. The third kappa shape index (κ3) is 2.47. The molecule has 1 amide bonds. The van der Waals surface area contributed by atoms with Gasteiger partial charge in [0.1, 0.15) is 5.58 Å². The van der Waals surface area contributed by atoms with Gasteiger partial charge in [0, 0.05) is 18.5 Å². The Bertz CT molecular complexity index is 748. The highest BCUT2D eigenvalue weighted by molar-refractivity contribution is 5.96. The number of hydrogen-bond acceptors (Lipinski definition) is 3. The number of furan rings is 1. The lowest BCUT2D eigenvalue weighted by atomic mass is 9.82. The third-order valence-corrected chi connectivity index (χ3v) is 4.38. The highest BCUT2D eigenvalue weighted by Gasteiger charge is 2.40. The van der Waals surface area contributed by atoms with E-state index < -0.39 is 11.4 Å². The molecule has 0 spiro atoms. The summed E-state index contributed by atoms with van der Waals surface area (Å²) in [4.78, 5) is 25.6. The number of fused-ring (bicyclic) bond motifs is 1. The first-order valence-electron chi connectivity index (χ1n) is 7.42. The van der Waals surface area contributed by atoms with Crippen LogP contribution >= 0.6 is 0 Å². The van der Waals surface area contributed by atoms with Gasteiger partial charge in [0.2, 0.25) is 0 Å². The van der Waals surface area contributed by atoms with Crippen molar-refractivity contribution in [3.05, 3.63) is 35.6 Å². The van der Waals surface area contributed by atoms with Crippen LogP contribution in [0, 0.1) is 12.3 Å². The van der Waals surface area contributed by atoms with Crippen molar-refractivity contribution in [2.75, 3.05) is 13.1 Å². The van der Waals surface area contributed by atoms with Gasteiger partial charge in [0.05, 0.1) is 5.41 Å². The van der Waals surface area contributed by atoms with Crippen LogP contribution < -0.4 is 0 Å². The molecule has 1 aliphatic heterocycles. The average Bonchev–Trinajstić information content (AvgIpc) is 2.89. The van der Waals surface area contributed by atoms with Crippen LogP contribution in [0.5, 0.6) is 0 Å². The standard InChI is InChI=1S/C17H19NO4/c1-11-4-5-13-12(8-11)9-14(22-13)15(19)18-7-3-6-17(2,10-18)16(20)21/h4-5,8-9H,3,6-7,10H2,1-2H3,(H,20,21). The van der Waals surface area contributed by atoms with Crippen molar-refractivity contribution in [2.24, 2.45) is 5.41 Å². The van der Waals surface area contributed by atoms with E-state index >= 15 is 0 Å². The first-order valence-corrected chi connectivity index (χ1v) is 7.42. The van der Waals surface area contributed by atoms with Crippen molar-refractivity contribution >= 4 is 22.8 Å². The molecule has 1 aromatic carbocycles. The van der Waals surface area contributed by atoms with Gasteiger partial charge in [0.25, 0.3) is 5.91 Å². The smallest absolute Gasteiger partial charge is 0.311 e. The number of hydrogen-bond donors (Lipinski definition) is 1. The Hall–Kier alpha value is -2.30. The fourth-order valence-corrected chi connectivity index (χ4v) is 3.01. The minimum absolute atomic E-state index is 0.219. The largest absolute Gasteiger partial charge is 0.481 e. The molecular formula is C17H19NO4. The summed E-state index contributed by atoms with van der Waals surface area (Å²) in [7, 11) is 0. The van der Waals surface area contributed by atoms with Crippen molar-refractivity contribution in [1.82, 2.24) is 4.90 Å². The van der Waals surface area contributed by atoms with Gasteiger partial charge in [-0.3, -0.25) is 9.59 Å². The van der Waals surface area contributed by atoms with Crippen LogP contribution in [0.2, 0.25) is 0 Å². The molecule has 1 atom stereocenters. The molecule has 1 N–H and O–H groups in total. The molecule has 5 nitrogen and oxygen atoms in total. The van der Waals surface area contributed by atoms with Crippen molar-refractivity contribution in [3.63, 3.8) is 0 Å². The fraction of sp³-hybridized carbons (Fsp3) is 0.412. The summed E-state index contributed by atoms with van der Waals surface area (Å²) >= 11 is 0. The molecule has 1 unspecified atom stereocenters. The van der Waals surface area contributed by atoms with Crippen molar-refractivity contribution in [3.8, 4) is 0 Å². The van der Waals surface area contributed by atoms with E-state index in [1.165, 1.54) is 0 Å². The average molecular weight is 301 g/mol. The zero-order valence-corrected chi connectivity index (χ0v) is 12.8. The topological polar surface area (TPSA) is 70.8 Å². The minimum atomic E-state index is -0.878. The van der Waals surface area contributed by atoms with Gasteiger partial charge < -0.3 is 14.4 Å². The van der Waals surface area contributed by atoms with Crippen LogP contribution in [0.1, 0.15) is 35.9 Å². The second-order valence-corrected chi connectivity index (χ2v) is 6.35. The predicted molar refractivity (Wildman–Crippen MR) is 81.8 cm³/mol. The zero-order valence-electron chi connectivity index (χ0n) is 12.8. The van der Waals surface area contributed by atoms with Crippen molar-refractivity contribution < 1.29 is 19.1 Å². The number of amides is 1. The Labute approximate surface area is 128 Å². The van der Waals surface area contributed by atoms with Crippen molar-refractivity contribution in [1.29, 1.82) is 0 Å². The number of carboxylic acid groups (broad SMARTS) is 1. The number of aryl methyl sites for hydroxylation is 1. The summed E-state index contributed by atoms with van der Waals surface area (Å²) in [6, 6.07) is 7.48. The third-order valence-electron chi connectivity index (χ3n) is 4.38. The normalized spacial score (nSPS) is 22.0. The number of benzene rings is 1. The van der Waals surface area contributed by atoms with Gasteiger partial charge in [-0.05, 0) is 44.9 Å². The molecule has 1 saturated heterocycles. The van der Waals surface area contributed by atoms with Crippen LogP contribution in [0.4, 0.5) is 0 Å². The highest BCUT2D eigenvalue weighted by atomic mass is 16.4. The molecule has 1 fully saturated rings. The maximum Gasteiger partial charge on any atom is 0.311 e. The van der Waals surface area contributed by atoms with Crippen LogP contribution in [-0.2, 0) is 4.79 Å². The number of carbonyl (C=O) groups is 2. The van der Waals surface area contributed by atoms with E-state index in [9.17, 15) is 14.7 Å². The van der Waals surface area contributed by atoms with E-state index in [0.29, 0.717) is 25.0 Å². The SMILES string of the molecule is Cc1ccc2oc(C(=O)N3CCCC(C)(C(=O)O)C3)cc2c1. The molecule has 0 bridgehead atoms. The minimum Gasteiger partial charge on any atom is -0.481 e. The highest BCUT2D eigenvalue weighted by Crippen LogP contribution is 2.31. The van der Waals surface area contributed by atoms with Gasteiger partial charge in [-0.1, -0.05) is 11.6 Å². The van der Waals surface area contributed by atoms with Gasteiger partial charge in [-0.2, -0.15) is 0 Å². The number of nitrogens with zero attached hydrogens (tertiary/aromatic N) is 1. The molecule has 22 heavy (non-hydrogen) atoms. The predicted octanol–water partition coefficient (Wildman–Crippen LogP) is 3.07. The monoisotopic (exact) mass is 301 g/mol. The van der Waals surface area contributed by atoms with E-state index in [0.717, 1.165) is 10.9 Å². The van der Waals surface area contributed by atoms with E-state index in [4.69, 9.17) is 4.42 Å². The van der Waals surface area contributed by atoms with Crippen molar-refractivity contribution in [2.45, 2.75) is 26.7 Å². The van der Waals surface area contributed by atoms with E-state index in [2.05, 4.69) is 0 Å². The summed E-state index contributed by atoms with van der Waals surface area (Å²) in [5.74, 6) is -0.818. The van der Waals surface area contributed by atoms with Gasteiger partial charge in [0.15, 0.2) is 5.76 Å². The number of piperidine rings is 1. The molecule has 0 radical (unpaired) electrons. The Morgan fingerprint density at radius 1 is 1.32 bits per heavy atom. The maximum absolute atomic E-state index is 12.6. The molecular weight excluding hydrogens is 282 g/mol. The maximum atomic E-state index is 12.6. The van der Waals surface area contributed by atoms with Gasteiger partial charge in [-0.15, -0.1) is 0 Å². The lowest BCUT2D eigenvalue weighted by Crippen LogP contribution is -2.48. The number of rotatable bonds is 2. The molecule has 1 aliphatic rings. The molecule has 5 heteroatoms. The molecule has 0 saturated carbocycles. The summed E-state index contributed by atoms with van der Waals surface area (Å²) in [5, 5.41) is 10.2. The molecule has 1 aromatic heterocycles. The fourth-order valence-electron chi connectivity index (χ4n) is 3.01. The Morgan fingerprint density at radius 3 is 2.82 bits per heavy atom. The van der Waals surface area contributed by atoms with Crippen LogP contribution in [0.25, 0.3) is 11.0 Å². The van der Waals surface area contributed by atoms with Gasteiger partial charge in [-0.25, -0.2) is 0 Å². The Balaban J connectivity index is 1.87. The second-order valence-electron chi connectivity index (χ2n) is 6.35. The molecule has 3 rings (SSSR count). The summed E-state index contributed by atoms with van der Waals surface area (Å²) in [6.45, 7) is 4.46. The molecule has 2 aromatic rings. The molecule has 0 aliphatic carbocycles. The second kappa shape index (κ2) is 5.16. The zero-order chi connectivity index (χ0) is 15.9. The van der Waals surface area contributed by atoms with Gasteiger partial charge >= 0.3 is 5.97 Å². The number of aliphatic carboxylic acids is 1. The van der Waals surface area contributed by atoms with Crippen LogP contribution in [0.15, 0.2) is 28.7 Å². The first kappa shape index (κ1) is 14.6. The van der Waals surface area contributed by atoms with E-state index in [1.54, 1.807) is 17.9 Å². The lowest BCUT2D eigenvalue weighted by Gasteiger charge is -2.37. The summed E-state index contributed by atoms with van der Waals surface area (Å²) < 4.78 is 5.63. The first-order chi connectivity index (χ1) is 10.4. The number of likely N-dealkylation sites (tertiary alicyclic amines) is 1. The number of carbonyl (C=O) groups excluding carboxylic acids is 1. The molecule has 2 heterocycles. The lowest BCUT2D eigenvalue weighted by molar-refractivity contribution is -0.150. The summed E-state index contributed by atoms with van der Waals surface area (Å²) in [5.41, 5.74) is 0.895. The van der Waals surface area contributed by atoms with Crippen LogP contribution in [-0.4, -0.2) is 35.0 Å². The summed E-state index contributed by atoms with van der Waals surface area (Å²) in [6.07, 6.45) is 1.28. The number of carboxylic acids is 1. The van der Waals surface area contributed by atoms with E-state index in [1.807, 2.05) is 25.1 Å². The van der Waals surface area contributed by atoms with Crippen LogP contribution in [0.3, 0.4) is 0 Å². The quantitative estimate of drug-likeness (QED) is 0.925. The van der Waals surface area contributed by atoms with E-state index in [-0.39, 0.29) is 18.2 Å². The Kier molecular flexibility index (Phi) is 3.43.